The van der Waals surface area contributed by atoms with Gasteiger partial charge < -0.3 is 9.88 Å². The third kappa shape index (κ3) is 2.87. The van der Waals surface area contributed by atoms with Gasteiger partial charge in [-0.3, -0.25) is 4.79 Å². The summed E-state index contributed by atoms with van der Waals surface area (Å²) in [5.41, 5.74) is 2.32. The van der Waals surface area contributed by atoms with Gasteiger partial charge in [0.25, 0.3) is 0 Å². The maximum Gasteiger partial charge on any atom is 0.231 e. The van der Waals surface area contributed by atoms with Crippen LogP contribution in [0.5, 0.6) is 0 Å². The van der Waals surface area contributed by atoms with Crippen molar-refractivity contribution in [1.29, 1.82) is 0 Å². The van der Waals surface area contributed by atoms with Crippen LogP contribution in [0.3, 0.4) is 0 Å². The highest BCUT2D eigenvalue weighted by Crippen LogP contribution is 2.26. The van der Waals surface area contributed by atoms with E-state index >= 15 is 0 Å². The van der Waals surface area contributed by atoms with E-state index in [0.717, 1.165) is 12.2 Å². The summed E-state index contributed by atoms with van der Waals surface area (Å²) in [7, 11) is 1.84. The summed E-state index contributed by atoms with van der Waals surface area (Å²) < 4.78 is 0. The van der Waals surface area contributed by atoms with Crippen LogP contribution in [0.25, 0.3) is 0 Å². The smallest absolute Gasteiger partial charge is 0.231 e. The number of amides is 1. The van der Waals surface area contributed by atoms with Crippen molar-refractivity contribution in [2.24, 2.45) is 0 Å². The predicted octanol–water partition coefficient (Wildman–Crippen LogP) is 3.14. The zero-order valence-electron chi connectivity index (χ0n) is 11.3. The number of hydrogen-bond donors (Lipinski definition) is 1. The molecule has 0 fully saturated rings. The molecule has 0 aliphatic carbocycles. The molecule has 92 valence electrons. The lowest BCUT2D eigenvalue weighted by Crippen LogP contribution is -2.34. The zero-order valence-corrected chi connectivity index (χ0v) is 11.3. The van der Waals surface area contributed by atoms with E-state index in [1.165, 1.54) is 5.56 Å². The molecule has 0 radical (unpaired) electrons. The summed E-state index contributed by atoms with van der Waals surface area (Å²) in [5.74, 6) is 0.193. The SMILES string of the molecule is CC.CC.CC1C(=O)N(C)Cc2cc[nH]c21. The second-order valence-electron chi connectivity index (χ2n) is 3.33. The van der Waals surface area contributed by atoms with Crippen molar-refractivity contribution >= 4 is 5.91 Å². The van der Waals surface area contributed by atoms with Crippen molar-refractivity contribution < 1.29 is 4.79 Å². The van der Waals surface area contributed by atoms with Gasteiger partial charge in [0.05, 0.1) is 5.92 Å². The Morgan fingerprint density at radius 2 is 1.88 bits per heavy atom. The quantitative estimate of drug-likeness (QED) is 0.722. The fourth-order valence-corrected chi connectivity index (χ4v) is 1.74. The number of aromatic amines is 1. The van der Waals surface area contributed by atoms with Gasteiger partial charge in [-0.05, 0) is 18.6 Å². The van der Waals surface area contributed by atoms with E-state index < -0.39 is 0 Å². The van der Waals surface area contributed by atoms with E-state index in [9.17, 15) is 4.79 Å². The Bertz CT molecular complexity index is 317. The largest absolute Gasteiger partial charge is 0.364 e. The minimum atomic E-state index is -0.00579. The molecule has 1 aliphatic heterocycles. The standard InChI is InChI=1S/C9H12N2O.2C2H6/c1-6-8-7(3-4-10-8)5-11(2)9(6)12;2*1-2/h3-4,6,10H,5H2,1-2H3;2*1-2H3. The van der Waals surface area contributed by atoms with Crippen molar-refractivity contribution in [3.8, 4) is 0 Å². The van der Waals surface area contributed by atoms with Gasteiger partial charge >= 0.3 is 0 Å². The number of aromatic nitrogens is 1. The number of hydrogen-bond acceptors (Lipinski definition) is 1. The number of H-pyrrole nitrogens is 1. The predicted molar refractivity (Wildman–Crippen MR) is 68.4 cm³/mol. The first-order valence-corrected chi connectivity index (χ1v) is 6.11. The summed E-state index contributed by atoms with van der Waals surface area (Å²) in [5, 5.41) is 0. The van der Waals surface area contributed by atoms with E-state index in [0.29, 0.717) is 0 Å². The molecule has 1 unspecified atom stereocenters. The van der Waals surface area contributed by atoms with E-state index in [1.54, 1.807) is 4.90 Å². The molecular weight excluding hydrogens is 200 g/mol. The van der Waals surface area contributed by atoms with E-state index in [1.807, 2.05) is 53.9 Å². The fourth-order valence-electron chi connectivity index (χ4n) is 1.74. The zero-order chi connectivity index (χ0) is 12.7. The fraction of sp³-hybridized carbons (Fsp3) is 0.615. The molecule has 1 N–H and O–H groups in total. The second-order valence-corrected chi connectivity index (χ2v) is 3.33. The molecule has 1 atom stereocenters. The van der Waals surface area contributed by atoms with Gasteiger partial charge in [0, 0.05) is 25.5 Å². The highest BCUT2D eigenvalue weighted by molar-refractivity contribution is 5.84. The molecule has 0 saturated carbocycles. The van der Waals surface area contributed by atoms with Crippen molar-refractivity contribution in [1.82, 2.24) is 9.88 Å². The Morgan fingerprint density at radius 1 is 1.31 bits per heavy atom. The van der Waals surface area contributed by atoms with Crippen LogP contribution >= 0.6 is 0 Å². The lowest BCUT2D eigenvalue weighted by atomic mass is 9.98. The molecule has 3 nitrogen and oxygen atoms in total. The first-order valence-electron chi connectivity index (χ1n) is 6.11. The summed E-state index contributed by atoms with van der Waals surface area (Å²) in [6, 6.07) is 2.04. The molecule has 1 aromatic heterocycles. The topological polar surface area (TPSA) is 36.1 Å². The first kappa shape index (κ1) is 14.8. The third-order valence-electron chi connectivity index (χ3n) is 2.46. The molecule has 3 heteroatoms. The average molecular weight is 224 g/mol. The molecule has 2 rings (SSSR count). The van der Waals surface area contributed by atoms with Gasteiger partial charge in [-0.15, -0.1) is 0 Å². The van der Waals surface area contributed by atoms with Crippen LogP contribution in [0.2, 0.25) is 0 Å². The number of carbonyl (C=O) groups excluding carboxylic acids is 1. The monoisotopic (exact) mass is 224 g/mol. The average Bonchev–Trinajstić information content (AvgIpc) is 2.79. The van der Waals surface area contributed by atoms with E-state index in [-0.39, 0.29) is 11.8 Å². The number of rotatable bonds is 0. The van der Waals surface area contributed by atoms with Gasteiger partial charge in [-0.2, -0.15) is 0 Å². The summed E-state index contributed by atoms with van der Waals surface area (Å²) in [6.45, 7) is 10.7. The molecular formula is C13H24N2O. The van der Waals surface area contributed by atoms with Crippen LogP contribution in [0, 0.1) is 0 Å². The minimum Gasteiger partial charge on any atom is -0.364 e. The van der Waals surface area contributed by atoms with Crippen LogP contribution < -0.4 is 0 Å². The van der Waals surface area contributed by atoms with Gasteiger partial charge in [0.15, 0.2) is 0 Å². The lowest BCUT2D eigenvalue weighted by molar-refractivity contribution is -0.132. The van der Waals surface area contributed by atoms with Crippen LogP contribution in [0.1, 0.15) is 51.8 Å². The van der Waals surface area contributed by atoms with Gasteiger partial charge in [-0.1, -0.05) is 27.7 Å². The Hall–Kier alpha value is -1.25. The second kappa shape index (κ2) is 7.09. The Morgan fingerprint density at radius 3 is 2.44 bits per heavy atom. The number of likely N-dealkylation sites (N-methyl/N-ethyl adjacent to an activating group) is 1. The highest BCUT2D eigenvalue weighted by atomic mass is 16.2. The van der Waals surface area contributed by atoms with E-state index in [4.69, 9.17) is 0 Å². The number of fused-ring (bicyclic) bond motifs is 1. The lowest BCUT2D eigenvalue weighted by Gasteiger charge is -2.27. The molecule has 0 bridgehead atoms. The van der Waals surface area contributed by atoms with Crippen LogP contribution in [0.4, 0.5) is 0 Å². The van der Waals surface area contributed by atoms with Gasteiger partial charge in [0.2, 0.25) is 5.91 Å². The third-order valence-corrected chi connectivity index (χ3v) is 2.46. The highest BCUT2D eigenvalue weighted by Gasteiger charge is 2.27. The minimum absolute atomic E-state index is 0.00579. The first-order chi connectivity index (χ1) is 7.70. The Kier molecular flexibility index (Phi) is 6.54. The molecule has 0 aromatic carbocycles. The number of nitrogens with one attached hydrogen (secondary N) is 1. The van der Waals surface area contributed by atoms with Crippen LogP contribution in [-0.2, 0) is 11.3 Å². The van der Waals surface area contributed by atoms with Gasteiger partial charge in [-0.25, -0.2) is 0 Å². The van der Waals surface area contributed by atoms with Crippen LogP contribution in [-0.4, -0.2) is 22.8 Å². The van der Waals surface area contributed by atoms with E-state index in [2.05, 4.69) is 4.98 Å². The Labute approximate surface area is 98.9 Å². The molecule has 1 aromatic rings. The molecule has 2 heterocycles. The number of nitrogens with zero attached hydrogens (tertiary/aromatic N) is 1. The van der Waals surface area contributed by atoms with Crippen molar-refractivity contribution in [2.75, 3.05) is 7.05 Å². The summed E-state index contributed by atoms with van der Waals surface area (Å²) in [6.07, 6.45) is 1.90. The molecule has 0 saturated heterocycles. The van der Waals surface area contributed by atoms with Crippen LogP contribution in [0.15, 0.2) is 12.3 Å². The van der Waals surface area contributed by atoms with Crippen molar-refractivity contribution in [2.45, 2.75) is 47.1 Å². The molecule has 1 aliphatic rings. The number of carbonyl (C=O) groups is 1. The Balaban J connectivity index is 0.000000509. The normalized spacial score (nSPS) is 17.8. The summed E-state index contributed by atoms with van der Waals surface area (Å²) in [4.78, 5) is 16.4. The maximum atomic E-state index is 11.5. The van der Waals surface area contributed by atoms with Crippen molar-refractivity contribution in [3.05, 3.63) is 23.5 Å². The maximum absolute atomic E-state index is 11.5. The van der Waals surface area contributed by atoms with Gasteiger partial charge in [0.1, 0.15) is 0 Å². The molecule has 0 spiro atoms. The molecule has 1 amide bonds. The van der Waals surface area contributed by atoms with Crippen molar-refractivity contribution in [3.63, 3.8) is 0 Å². The molecule has 16 heavy (non-hydrogen) atoms. The summed E-state index contributed by atoms with van der Waals surface area (Å²) >= 11 is 0.